The molecule has 4 nitrogen and oxygen atoms in total. The van der Waals surface area contributed by atoms with E-state index in [0.717, 1.165) is 37.1 Å². The molecule has 4 rings (SSSR count). The second-order valence-corrected chi connectivity index (χ2v) is 6.24. The Labute approximate surface area is 137 Å². The quantitative estimate of drug-likeness (QED) is 0.734. The smallest absolute Gasteiger partial charge is 0.256 e. The van der Waals surface area contributed by atoms with Crippen molar-refractivity contribution in [3.8, 4) is 0 Å². The molecule has 0 spiro atoms. The molecular formula is C18H15ClN2O2. The first-order valence-electron chi connectivity index (χ1n) is 7.71. The zero-order chi connectivity index (χ0) is 16.0. The van der Waals surface area contributed by atoms with E-state index in [1.54, 1.807) is 34.7 Å². The zero-order valence-electron chi connectivity index (χ0n) is 12.4. The van der Waals surface area contributed by atoms with Crippen molar-refractivity contribution in [1.82, 2.24) is 9.38 Å². The molecule has 0 fully saturated rings. The number of nitrogens with zero attached hydrogens (tertiary/aromatic N) is 1. The summed E-state index contributed by atoms with van der Waals surface area (Å²) in [6, 6.07) is 10.0. The van der Waals surface area contributed by atoms with Gasteiger partial charge in [0.15, 0.2) is 5.78 Å². The summed E-state index contributed by atoms with van der Waals surface area (Å²) < 4.78 is 1.65. The predicted octanol–water partition coefficient (Wildman–Crippen LogP) is 3.39. The second kappa shape index (κ2) is 5.39. The Balaban J connectivity index is 1.97. The van der Waals surface area contributed by atoms with Crippen molar-refractivity contribution in [2.75, 3.05) is 0 Å². The lowest BCUT2D eigenvalue weighted by atomic mass is 10.0. The number of H-pyrrole nitrogens is 1. The van der Waals surface area contributed by atoms with E-state index in [1.807, 2.05) is 0 Å². The maximum atomic E-state index is 12.9. The molecule has 116 valence electrons. The zero-order valence-corrected chi connectivity index (χ0v) is 13.2. The van der Waals surface area contributed by atoms with Gasteiger partial charge in [0.05, 0.1) is 10.6 Å². The summed E-state index contributed by atoms with van der Waals surface area (Å²) in [5.74, 6) is -0.174. The van der Waals surface area contributed by atoms with Crippen LogP contribution in [0.4, 0.5) is 0 Å². The molecule has 1 aliphatic rings. The molecule has 0 atom stereocenters. The van der Waals surface area contributed by atoms with Crippen molar-refractivity contribution < 1.29 is 4.79 Å². The standard InChI is InChI=1S/C18H15ClN2O2/c19-13-6-2-1-5-11(13)17(23)12-9-10-16(22)21-15-8-4-3-7-14(15)20-18(12)21/h1-2,5-6,9-10,20H,3-4,7-8H2. The van der Waals surface area contributed by atoms with Crippen molar-refractivity contribution in [2.24, 2.45) is 0 Å². The normalized spacial score (nSPS) is 14.0. The number of nitrogens with one attached hydrogen (secondary N) is 1. The number of aromatic amines is 1. The molecule has 2 aromatic heterocycles. The number of ketones is 1. The van der Waals surface area contributed by atoms with Crippen LogP contribution < -0.4 is 5.56 Å². The first kappa shape index (κ1) is 14.3. The van der Waals surface area contributed by atoms with Gasteiger partial charge in [-0.15, -0.1) is 0 Å². The highest BCUT2D eigenvalue weighted by molar-refractivity contribution is 6.35. The molecule has 0 saturated carbocycles. The number of rotatable bonds is 2. The van der Waals surface area contributed by atoms with E-state index in [-0.39, 0.29) is 11.3 Å². The number of halogens is 1. The number of carbonyl (C=O) groups excluding carboxylic acids is 1. The highest BCUT2D eigenvalue weighted by atomic mass is 35.5. The van der Waals surface area contributed by atoms with Crippen LogP contribution in [0.15, 0.2) is 41.2 Å². The largest absolute Gasteiger partial charge is 0.343 e. The minimum Gasteiger partial charge on any atom is -0.343 e. The van der Waals surface area contributed by atoms with E-state index >= 15 is 0 Å². The molecule has 5 heteroatoms. The third-order valence-corrected chi connectivity index (χ3v) is 4.76. The average molecular weight is 327 g/mol. The number of carbonyl (C=O) groups is 1. The number of fused-ring (bicyclic) bond motifs is 3. The van der Waals surface area contributed by atoms with Gasteiger partial charge in [0.2, 0.25) is 0 Å². The fourth-order valence-electron chi connectivity index (χ4n) is 3.32. The van der Waals surface area contributed by atoms with Crippen LogP contribution in [-0.2, 0) is 12.8 Å². The third kappa shape index (κ3) is 2.21. The van der Waals surface area contributed by atoms with Gasteiger partial charge < -0.3 is 4.98 Å². The predicted molar refractivity (Wildman–Crippen MR) is 89.5 cm³/mol. The summed E-state index contributed by atoms with van der Waals surface area (Å²) in [6.07, 6.45) is 3.94. The molecule has 3 aromatic rings. The summed E-state index contributed by atoms with van der Waals surface area (Å²) in [4.78, 5) is 28.5. The lowest BCUT2D eigenvalue weighted by Gasteiger charge is -2.10. The van der Waals surface area contributed by atoms with Crippen molar-refractivity contribution >= 4 is 23.0 Å². The Hall–Kier alpha value is -2.33. The molecule has 0 amide bonds. The van der Waals surface area contributed by atoms with Gasteiger partial charge in [0.1, 0.15) is 5.65 Å². The molecular weight excluding hydrogens is 312 g/mol. The number of benzene rings is 1. The van der Waals surface area contributed by atoms with Crippen molar-refractivity contribution in [3.05, 3.63) is 74.3 Å². The van der Waals surface area contributed by atoms with Gasteiger partial charge in [0.25, 0.3) is 5.56 Å². The maximum Gasteiger partial charge on any atom is 0.256 e. The highest BCUT2D eigenvalue weighted by Gasteiger charge is 2.22. The van der Waals surface area contributed by atoms with Gasteiger partial charge in [-0.2, -0.15) is 0 Å². The molecule has 1 aromatic carbocycles. The maximum absolute atomic E-state index is 12.9. The second-order valence-electron chi connectivity index (χ2n) is 5.84. The molecule has 0 radical (unpaired) electrons. The summed E-state index contributed by atoms with van der Waals surface area (Å²) in [5.41, 5.74) is 3.47. The van der Waals surface area contributed by atoms with Crippen LogP contribution in [-0.4, -0.2) is 15.2 Å². The molecule has 1 N–H and O–H groups in total. The van der Waals surface area contributed by atoms with Gasteiger partial charge in [0, 0.05) is 23.0 Å². The van der Waals surface area contributed by atoms with Crippen LogP contribution in [0.25, 0.3) is 5.65 Å². The Bertz CT molecular complexity index is 984. The van der Waals surface area contributed by atoms with E-state index in [1.165, 1.54) is 6.07 Å². The molecule has 2 heterocycles. The van der Waals surface area contributed by atoms with E-state index in [4.69, 9.17) is 11.6 Å². The van der Waals surface area contributed by atoms with E-state index in [2.05, 4.69) is 4.98 Å². The molecule has 1 aliphatic carbocycles. The van der Waals surface area contributed by atoms with E-state index < -0.39 is 0 Å². The first-order chi connectivity index (χ1) is 11.2. The van der Waals surface area contributed by atoms with Gasteiger partial charge in [-0.25, -0.2) is 0 Å². The number of aryl methyl sites for hydroxylation is 2. The topological polar surface area (TPSA) is 54.3 Å². The van der Waals surface area contributed by atoms with Crippen molar-refractivity contribution in [3.63, 3.8) is 0 Å². The Kier molecular flexibility index (Phi) is 3.34. The summed E-state index contributed by atoms with van der Waals surface area (Å²) in [6.45, 7) is 0. The third-order valence-electron chi connectivity index (χ3n) is 4.43. The fourth-order valence-corrected chi connectivity index (χ4v) is 3.54. The SMILES string of the molecule is O=C(c1ccccc1Cl)c1ccc(=O)n2c3c([nH]c12)CCCC3. The van der Waals surface area contributed by atoms with E-state index in [9.17, 15) is 9.59 Å². The van der Waals surface area contributed by atoms with Gasteiger partial charge in [-0.1, -0.05) is 23.7 Å². The van der Waals surface area contributed by atoms with Gasteiger partial charge >= 0.3 is 0 Å². The lowest BCUT2D eigenvalue weighted by molar-refractivity contribution is 0.104. The van der Waals surface area contributed by atoms with Crippen LogP contribution in [0.3, 0.4) is 0 Å². The molecule has 0 aliphatic heterocycles. The summed E-state index contributed by atoms with van der Waals surface area (Å²) in [7, 11) is 0. The fraction of sp³-hybridized carbons (Fsp3) is 0.222. The van der Waals surface area contributed by atoms with Crippen LogP contribution in [0.1, 0.15) is 40.2 Å². The number of aromatic nitrogens is 2. The van der Waals surface area contributed by atoms with Gasteiger partial charge in [-0.3, -0.25) is 14.0 Å². The Morgan fingerprint density at radius 1 is 1.04 bits per heavy atom. The van der Waals surface area contributed by atoms with Gasteiger partial charge in [-0.05, 0) is 43.9 Å². The number of imidazole rings is 1. The molecule has 0 unspecified atom stereocenters. The minimum atomic E-state index is -0.174. The molecule has 0 bridgehead atoms. The Morgan fingerprint density at radius 3 is 2.65 bits per heavy atom. The molecule has 0 saturated heterocycles. The van der Waals surface area contributed by atoms with E-state index in [0.29, 0.717) is 21.8 Å². The highest BCUT2D eigenvalue weighted by Crippen LogP contribution is 2.25. The number of hydrogen-bond donors (Lipinski definition) is 1. The van der Waals surface area contributed by atoms with Crippen LogP contribution >= 0.6 is 11.6 Å². The summed E-state index contributed by atoms with van der Waals surface area (Å²) >= 11 is 6.15. The number of pyridine rings is 1. The van der Waals surface area contributed by atoms with Crippen LogP contribution in [0.5, 0.6) is 0 Å². The van der Waals surface area contributed by atoms with Crippen LogP contribution in [0.2, 0.25) is 5.02 Å². The van der Waals surface area contributed by atoms with Crippen LogP contribution in [0, 0.1) is 0 Å². The van der Waals surface area contributed by atoms with Crippen molar-refractivity contribution in [1.29, 1.82) is 0 Å². The lowest BCUT2D eigenvalue weighted by Crippen LogP contribution is -2.18. The number of hydrogen-bond acceptors (Lipinski definition) is 2. The average Bonchev–Trinajstić information content (AvgIpc) is 2.95. The molecule has 23 heavy (non-hydrogen) atoms. The monoisotopic (exact) mass is 326 g/mol. The first-order valence-corrected chi connectivity index (χ1v) is 8.09. The van der Waals surface area contributed by atoms with Crippen molar-refractivity contribution in [2.45, 2.75) is 25.7 Å². The summed E-state index contributed by atoms with van der Waals surface area (Å²) in [5, 5.41) is 0.415. The minimum absolute atomic E-state index is 0.102. The Morgan fingerprint density at radius 2 is 1.83 bits per heavy atom.